The Morgan fingerprint density at radius 1 is 1.27 bits per heavy atom. The number of benzene rings is 1. The predicted octanol–water partition coefficient (Wildman–Crippen LogP) is 3.25. The fourth-order valence-electron chi connectivity index (χ4n) is 1.50. The van der Waals surface area contributed by atoms with Crippen molar-refractivity contribution in [1.82, 2.24) is 10.4 Å². The lowest BCUT2D eigenvalue weighted by molar-refractivity contribution is 0.0291. The molecule has 0 atom stereocenters. The summed E-state index contributed by atoms with van der Waals surface area (Å²) in [6, 6.07) is 9.26. The van der Waals surface area contributed by atoms with Crippen LogP contribution in [0.2, 0.25) is 0 Å². The van der Waals surface area contributed by atoms with Crippen molar-refractivity contribution in [1.29, 1.82) is 0 Å². The Balaban J connectivity index is 2.56. The highest BCUT2D eigenvalue weighted by molar-refractivity contribution is 5.74. The second-order valence-electron chi connectivity index (χ2n) is 5.55. The van der Waals surface area contributed by atoms with Gasteiger partial charge in [-0.25, -0.2) is 20.0 Å². The average Bonchev–Trinajstić information content (AvgIpc) is 2.43. The van der Waals surface area contributed by atoms with Crippen LogP contribution < -0.4 is 5.43 Å². The molecule has 0 bridgehead atoms. The third-order valence-corrected chi connectivity index (χ3v) is 2.36. The lowest BCUT2D eigenvalue weighted by Crippen LogP contribution is -2.48. The van der Waals surface area contributed by atoms with E-state index < -0.39 is 17.8 Å². The number of hydrazine groups is 1. The number of rotatable bonds is 4. The first-order valence-corrected chi connectivity index (χ1v) is 6.90. The Morgan fingerprint density at radius 3 is 2.45 bits per heavy atom. The van der Waals surface area contributed by atoms with Gasteiger partial charge in [-0.15, -0.1) is 6.58 Å². The number of nitrogens with zero attached hydrogens (tertiary/aromatic N) is 1. The van der Waals surface area contributed by atoms with Crippen LogP contribution >= 0.6 is 0 Å². The molecule has 0 aliphatic carbocycles. The molecular formula is C16H22N2O4. The molecule has 1 aromatic rings. The van der Waals surface area contributed by atoms with Crippen LogP contribution in [0.4, 0.5) is 9.59 Å². The summed E-state index contributed by atoms with van der Waals surface area (Å²) < 4.78 is 10.2. The smallest absolute Gasteiger partial charge is 0.429 e. The Morgan fingerprint density at radius 2 is 1.91 bits per heavy atom. The molecule has 0 spiro atoms. The maximum absolute atomic E-state index is 12.0. The Labute approximate surface area is 130 Å². The molecule has 1 aromatic carbocycles. The van der Waals surface area contributed by atoms with Gasteiger partial charge in [-0.1, -0.05) is 36.4 Å². The van der Waals surface area contributed by atoms with Gasteiger partial charge >= 0.3 is 12.2 Å². The summed E-state index contributed by atoms with van der Waals surface area (Å²) in [6.45, 7) is 8.96. The molecule has 0 unspecified atom stereocenters. The zero-order valence-electron chi connectivity index (χ0n) is 13.2. The summed E-state index contributed by atoms with van der Waals surface area (Å²) in [5, 5.41) is 1.00. The molecule has 0 aliphatic rings. The minimum absolute atomic E-state index is 0.104. The van der Waals surface area contributed by atoms with Crippen LogP contribution in [0.5, 0.6) is 0 Å². The number of hydrogen-bond donors (Lipinski definition) is 1. The van der Waals surface area contributed by atoms with Gasteiger partial charge in [-0.2, -0.15) is 0 Å². The van der Waals surface area contributed by atoms with E-state index in [9.17, 15) is 9.59 Å². The van der Waals surface area contributed by atoms with Crippen LogP contribution in [0.25, 0.3) is 0 Å². The molecule has 0 heterocycles. The van der Waals surface area contributed by atoms with Crippen molar-refractivity contribution in [3.05, 3.63) is 48.6 Å². The quantitative estimate of drug-likeness (QED) is 0.685. The van der Waals surface area contributed by atoms with E-state index in [0.29, 0.717) is 0 Å². The first kappa shape index (κ1) is 17.6. The third kappa shape index (κ3) is 6.78. The van der Waals surface area contributed by atoms with Crippen molar-refractivity contribution in [3.63, 3.8) is 0 Å². The average molecular weight is 306 g/mol. The van der Waals surface area contributed by atoms with Crippen molar-refractivity contribution in [2.75, 3.05) is 6.54 Å². The van der Waals surface area contributed by atoms with E-state index in [1.165, 1.54) is 6.08 Å². The standard InChI is InChI=1S/C16H22N2O4/c1-5-11-18(17-14(19)22-16(2,3)4)15(20)21-12-13-9-7-6-8-10-13/h5-10H,1,11-12H2,2-4H3,(H,17,19). The van der Waals surface area contributed by atoms with Gasteiger partial charge in [-0.05, 0) is 26.3 Å². The summed E-state index contributed by atoms with van der Waals surface area (Å²) in [4.78, 5) is 23.7. The van der Waals surface area contributed by atoms with Gasteiger partial charge < -0.3 is 9.47 Å². The van der Waals surface area contributed by atoms with Gasteiger partial charge in [0.25, 0.3) is 0 Å². The Kier molecular flexibility index (Phi) is 6.44. The van der Waals surface area contributed by atoms with E-state index in [4.69, 9.17) is 9.47 Å². The van der Waals surface area contributed by atoms with E-state index >= 15 is 0 Å². The molecule has 1 N–H and O–H groups in total. The van der Waals surface area contributed by atoms with Crippen LogP contribution in [0.3, 0.4) is 0 Å². The topological polar surface area (TPSA) is 67.9 Å². The van der Waals surface area contributed by atoms with Gasteiger partial charge in [0, 0.05) is 0 Å². The summed E-state index contributed by atoms with van der Waals surface area (Å²) in [5.74, 6) is 0. The molecule has 0 saturated carbocycles. The molecule has 0 radical (unpaired) electrons. The summed E-state index contributed by atoms with van der Waals surface area (Å²) in [5.41, 5.74) is 2.54. The van der Waals surface area contributed by atoms with Crippen molar-refractivity contribution in [3.8, 4) is 0 Å². The van der Waals surface area contributed by atoms with Crippen molar-refractivity contribution >= 4 is 12.2 Å². The van der Waals surface area contributed by atoms with Gasteiger partial charge in [0.2, 0.25) is 0 Å². The molecule has 2 amide bonds. The lowest BCUT2D eigenvalue weighted by Gasteiger charge is -2.24. The SMILES string of the molecule is C=CCN(NC(=O)OC(C)(C)C)C(=O)OCc1ccccc1. The first-order chi connectivity index (χ1) is 10.3. The highest BCUT2D eigenvalue weighted by Gasteiger charge is 2.21. The first-order valence-electron chi connectivity index (χ1n) is 6.90. The molecular weight excluding hydrogens is 284 g/mol. The highest BCUT2D eigenvalue weighted by atomic mass is 16.6. The number of amides is 2. The Hall–Kier alpha value is -2.50. The number of hydrogen-bond acceptors (Lipinski definition) is 4. The van der Waals surface area contributed by atoms with E-state index in [1.54, 1.807) is 20.8 Å². The van der Waals surface area contributed by atoms with E-state index in [-0.39, 0.29) is 13.2 Å². The lowest BCUT2D eigenvalue weighted by atomic mass is 10.2. The molecule has 1 rings (SSSR count). The van der Waals surface area contributed by atoms with Gasteiger partial charge in [0.15, 0.2) is 0 Å². The summed E-state index contributed by atoms with van der Waals surface area (Å²) >= 11 is 0. The monoisotopic (exact) mass is 306 g/mol. The summed E-state index contributed by atoms with van der Waals surface area (Å²) in [6.07, 6.45) is 0.0573. The molecule has 6 nitrogen and oxygen atoms in total. The van der Waals surface area contributed by atoms with Crippen LogP contribution in [0.1, 0.15) is 26.3 Å². The number of carbonyl (C=O) groups excluding carboxylic acids is 2. The second-order valence-corrected chi connectivity index (χ2v) is 5.55. The zero-order valence-corrected chi connectivity index (χ0v) is 13.2. The van der Waals surface area contributed by atoms with Gasteiger partial charge in [0.1, 0.15) is 12.2 Å². The predicted molar refractivity (Wildman–Crippen MR) is 82.9 cm³/mol. The van der Waals surface area contributed by atoms with Crippen molar-refractivity contribution in [2.45, 2.75) is 33.0 Å². The van der Waals surface area contributed by atoms with Crippen LogP contribution in [-0.4, -0.2) is 29.3 Å². The van der Waals surface area contributed by atoms with Crippen LogP contribution in [-0.2, 0) is 16.1 Å². The fraction of sp³-hybridized carbons (Fsp3) is 0.375. The van der Waals surface area contributed by atoms with E-state index in [2.05, 4.69) is 12.0 Å². The normalized spacial score (nSPS) is 10.5. The molecule has 0 saturated heterocycles. The van der Waals surface area contributed by atoms with Gasteiger partial charge in [-0.3, -0.25) is 0 Å². The van der Waals surface area contributed by atoms with Crippen LogP contribution in [0.15, 0.2) is 43.0 Å². The van der Waals surface area contributed by atoms with Gasteiger partial charge in [0.05, 0.1) is 6.54 Å². The Bertz CT molecular complexity index is 509. The maximum Gasteiger partial charge on any atom is 0.429 e. The molecule has 22 heavy (non-hydrogen) atoms. The minimum atomic E-state index is -0.731. The largest absolute Gasteiger partial charge is 0.443 e. The van der Waals surface area contributed by atoms with Crippen molar-refractivity contribution < 1.29 is 19.1 Å². The molecule has 6 heteroatoms. The minimum Gasteiger partial charge on any atom is -0.443 e. The maximum atomic E-state index is 12.0. The molecule has 0 fully saturated rings. The number of carbonyl (C=O) groups is 2. The third-order valence-electron chi connectivity index (χ3n) is 2.36. The van der Waals surface area contributed by atoms with Crippen molar-refractivity contribution in [2.24, 2.45) is 0 Å². The van der Waals surface area contributed by atoms with E-state index in [0.717, 1.165) is 10.6 Å². The zero-order chi connectivity index (χ0) is 16.6. The number of ether oxygens (including phenoxy) is 2. The van der Waals surface area contributed by atoms with Crippen LogP contribution in [0, 0.1) is 0 Å². The number of nitrogens with one attached hydrogen (secondary N) is 1. The fourth-order valence-corrected chi connectivity index (χ4v) is 1.50. The highest BCUT2D eigenvalue weighted by Crippen LogP contribution is 2.07. The second kappa shape index (κ2) is 8.07. The molecule has 0 aromatic heterocycles. The molecule has 0 aliphatic heterocycles. The molecule has 120 valence electrons. The summed E-state index contributed by atoms with van der Waals surface area (Å²) in [7, 11) is 0. The van der Waals surface area contributed by atoms with E-state index in [1.807, 2.05) is 30.3 Å².